The van der Waals surface area contributed by atoms with Crippen molar-refractivity contribution in [1.29, 1.82) is 0 Å². The number of carbonyl (C=O) groups excluding carboxylic acids is 5. The lowest BCUT2D eigenvalue weighted by Gasteiger charge is -2.36. The van der Waals surface area contributed by atoms with Crippen LogP contribution in [-0.4, -0.2) is 76.3 Å². The lowest BCUT2D eigenvalue weighted by Crippen LogP contribution is -2.59. The molecular formula is C30H41N5O6S. The van der Waals surface area contributed by atoms with E-state index in [0.29, 0.717) is 37.9 Å². The monoisotopic (exact) mass is 599 g/mol. The molecule has 3 N–H and O–H groups in total. The number of para-hydroxylation sites is 1. The maximum Gasteiger partial charge on any atom is 0.408 e. The predicted molar refractivity (Wildman–Crippen MR) is 159 cm³/mol. The van der Waals surface area contributed by atoms with E-state index in [1.165, 1.54) is 16.2 Å². The number of alkyl carbamates (subject to hydrolysis) is 1. The van der Waals surface area contributed by atoms with Crippen molar-refractivity contribution < 1.29 is 28.7 Å². The normalized spacial score (nSPS) is 20.6. The molecule has 4 rings (SSSR count). The summed E-state index contributed by atoms with van der Waals surface area (Å²) in [6.45, 7) is 11.6. The number of Topliss-reactive ketones (excluding diaryl/α,β-unsaturated/α-hetero) is 1. The number of ketones is 1. The molecule has 1 aromatic carbocycles. The molecule has 2 fully saturated rings. The first-order valence-electron chi connectivity index (χ1n) is 14.4. The van der Waals surface area contributed by atoms with Gasteiger partial charge >= 0.3 is 6.09 Å². The Morgan fingerprint density at radius 2 is 1.81 bits per heavy atom. The Kier molecular flexibility index (Phi) is 9.24. The van der Waals surface area contributed by atoms with Gasteiger partial charge in [-0.2, -0.15) is 0 Å². The summed E-state index contributed by atoms with van der Waals surface area (Å²) in [6, 6.07) is 4.65. The number of likely N-dealkylation sites (tertiary alicyclic amines) is 1. The molecule has 0 radical (unpaired) electrons. The first kappa shape index (κ1) is 31.4. The summed E-state index contributed by atoms with van der Waals surface area (Å²) in [7, 11) is 0. The number of amides is 4. The largest absolute Gasteiger partial charge is 0.444 e. The standard InChI is InChI=1S/C30H41N5O6S/c1-29(2,3)23(34-28(40)41-30(4,5)6)27(39)35-15-9-11-20(35)25(38)32-19(16-17-13-14-31-24(17)37)22(36)26-33-18-10-7-8-12-21(18)42-26/h7-8,10,12,17,19-20,23H,9,11,13-16H2,1-6H3,(H,31,37)(H,32,38)(H,34,40)/t17-,19-,20-,23+/m0/s1. The van der Waals surface area contributed by atoms with Crippen LogP contribution in [0, 0.1) is 11.3 Å². The van der Waals surface area contributed by atoms with Crippen LogP contribution >= 0.6 is 11.3 Å². The Labute approximate surface area is 250 Å². The molecule has 1 aromatic heterocycles. The molecule has 228 valence electrons. The van der Waals surface area contributed by atoms with E-state index in [4.69, 9.17) is 4.74 Å². The fourth-order valence-corrected chi connectivity index (χ4v) is 6.28. The molecule has 4 atom stereocenters. The van der Waals surface area contributed by atoms with Crippen LogP contribution < -0.4 is 16.0 Å². The van der Waals surface area contributed by atoms with Gasteiger partial charge < -0.3 is 25.6 Å². The van der Waals surface area contributed by atoms with Gasteiger partial charge in [0.15, 0.2) is 5.01 Å². The van der Waals surface area contributed by atoms with Crippen LogP contribution in [-0.2, 0) is 19.1 Å². The molecule has 0 unspecified atom stereocenters. The highest BCUT2D eigenvalue weighted by atomic mass is 32.1. The van der Waals surface area contributed by atoms with Gasteiger partial charge in [0.25, 0.3) is 0 Å². The minimum Gasteiger partial charge on any atom is -0.444 e. The van der Waals surface area contributed by atoms with Gasteiger partial charge in [0, 0.05) is 19.0 Å². The molecule has 42 heavy (non-hydrogen) atoms. The SMILES string of the molecule is CC(C)(C)OC(=O)N[C@H](C(=O)N1CCC[C@H]1C(=O)N[C@@H](C[C@@H]1CCNC1=O)C(=O)c1nc2ccccc2s1)C(C)(C)C. The van der Waals surface area contributed by atoms with Gasteiger partial charge in [0.2, 0.25) is 23.5 Å². The van der Waals surface area contributed by atoms with Crippen molar-refractivity contribution in [3.8, 4) is 0 Å². The van der Waals surface area contributed by atoms with Gasteiger partial charge in [0.1, 0.15) is 17.7 Å². The summed E-state index contributed by atoms with van der Waals surface area (Å²) in [5.74, 6) is -1.79. The number of benzene rings is 1. The average Bonchev–Trinajstić information content (AvgIpc) is 3.64. The van der Waals surface area contributed by atoms with E-state index in [-0.39, 0.29) is 23.1 Å². The summed E-state index contributed by atoms with van der Waals surface area (Å²) in [5, 5.41) is 8.63. The van der Waals surface area contributed by atoms with Crippen LogP contribution in [0.2, 0.25) is 0 Å². The number of nitrogens with one attached hydrogen (secondary N) is 3. The minimum absolute atomic E-state index is 0.137. The topological polar surface area (TPSA) is 147 Å². The van der Waals surface area contributed by atoms with Crippen molar-refractivity contribution in [2.24, 2.45) is 11.3 Å². The highest BCUT2D eigenvalue weighted by Crippen LogP contribution is 2.28. The van der Waals surface area contributed by atoms with E-state index >= 15 is 0 Å². The molecule has 0 saturated carbocycles. The number of rotatable bonds is 8. The molecule has 0 aliphatic carbocycles. The van der Waals surface area contributed by atoms with Gasteiger partial charge in [-0.15, -0.1) is 11.3 Å². The molecule has 2 saturated heterocycles. The predicted octanol–water partition coefficient (Wildman–Crippen LogP) is 3.42. The third-order valence-corrected chi connectivity index (χ3v) is 8.48. The van der Waals surface area contributed by atoms with Crippen LogP contribution in [0.4, 0.5) is 4.79 Å². The average molecular weight is 600 g/mol. The third kappa shape index (κ3) is 7.45. The first-order valence-corrected chi connectivity index (χ1v) is 15.2. The van der Waals surface area contributed by atoms with Crippen LogP contribution in [0.1, 0.15) is 77.0 Å². The number of hydrogen-bond donors (Lipinski definition) is 3. The summed E-state index contributed by atoms with van der Waals surface area (Å²) in [5.41, 5.74) is -0.723. The molecule has 11 nitrogen and oxygen atoms in total. The molecular weight excluding hydrogens is 558 g/mol. The Bertz CT molecular complexity index is 1330. The van der Waals surface area contributed by atoms with Crippen molar-refractivity contribution in [3.05, 3.63) is 29.3 Å². The van der Waals surface area contributed by atoms with Crippen molar-refractivity contribution in [2.75, 3.05) is 13.1 Å². The summed E-state index contributed by atoms with van der Waals surface area (Å²) in [4.78, 5) is 72.2. The van der Waals surface area contributed by atoms with E-state index in [1.807, 2.05) is 45.0 Å². The number of hydrogen-bond acceptors (Lipinski definition) is 8. The van der Waals surface area contributed by atoms with Gasteiger partial charge in [0.05, 0.1) is 16.3 Å². The van der Waals surface area contributed by atoms with E-state index in [9.17, 15) is 24.0 Å². The quantitative estimate of drug-likeness (QED) is 0.394. The summed E-state index contributed by atoms with van der Waals surface area (Å²) < 4.78 is 6.24. The molecule has 12 heteroatoms. The van der Waals surface area contributed by atoms with Crippen LogP contribution in [0.15, 0.2) is 24.3 Å². The second-order valence-corrected chi connectivity index (χ2v) is 14.1. The second kappa shape index (κ2) is 12.4. The Morgan fingerprint density at radius 1 is 1.10 bits per heavy atom. The lowest BCUT2D eigenvalue weighted by atomic mass is 9.85. The highest BCUT2D eigenvalue weighted by molar-refractivity contribution is 7.20. The Balaban J connectivity index is 1.54. The van der Waals surface area contributed by atoms with Crippen molar-refractivity contribution in [1.82, 2.24) is 25.8 Å². The van der Waals surface area contributed by atoms with E-state index in [1.54, 1.807) is 20.8 Å². The van der Waals surface area contributed by atoms with Crippen molar-refractivity contribution >= 4 is 51.2 Å². The zero-order valence-electron chi connectivity index (χ0n) is 25.1. The van der Waals surface area contributed by atoms with Crippen molar-refractivity contribution in [2.45, 2.75) is 91.0 Å². The lowest BCUT2D eigenvalue weighted by molar-refractivity contribution is -0.142. The van der Waals surface area contributed by atoms with Gasteiger partial charge in [-0.3, -0.25) is 19.2 Å². The smallest absolute Gasteiger partial charge is 0.408 e. The van der Waals surface area contributed by atoms with Crippen molar-refractivity contribution in [3.63, 3.8) is 0 Å². The van der Waals surface area contributed by atoms with E-state index in [2.05, 4.69) is 20.9 Å². The van der Waals surface area contributed by atoms with Gasteiger partial charge in [-0.05, 0) is 64.0 Å². The molecule has 0 bridgehead atoms. The van der Waals surface area contributed by atoms with Crippen LogP contribution in [0.3, 0.4) is 0 Å². The number of ether oxygens (including phenoxy) is 1. The van der Waals surface area contributed by atoms with Gasteiger partial charge in [-0.25, -0.2) is 9.78 Å². The number of thiazole rings is 1. The number of fused-ring (bicyclic) bond motifs is 1. The molecule has 2 aromatic rings. The maximum atomic E-state index is 13.8. The second-order valence-electron chi connectivity index (χ2n) is 13.1. The zero-order chi connectivity index (χ0) is 30.8. The van der Waals surface area contributed by atoms with E-state index in [0.717, 1.165) is 4.70 Å². The summed E-state index contributed by atoms with van der Waals surface area (Å²) >= 11 is 1.24. The first-order chi connectivity index (χ1) is 19.6. The molecule has 2 aliphatic heterocycles. The Hall–Kier alpha value is -3.54. The molecule has 0 spiro atoms. The molecule has 3 heterocycles. The maximum absolute atomic E-state index is 13.8. The fourth-order valence-electron chi connectivity index (χ4n) is 5.32. The highest BCUT2D eigenvalue weighted by Gasteiger charge is 2.43. The minimum atomic E-state index is -0.984. The zero-order valence-corrected chi connectivity index (χ0v) is 25.9. The molecule has 2 aliphatic rings. The number of nitrogens with zero attached hydrogens (tertiary/aromatic N) is 2. The molecule has 4 amide bonds. The summed E-state index contributed by atoms with van der Waals surface area (Å²) in [6.07, 6.45) is 0.988. The van der Waals surface area contributed by atoms with Crippen LogP contribution in [0.25, 0.3) is 10.2 Å². The number of aromatic nitrogens is 1. The fraction of sp³-hybridized carbons (Fsp3) is 0.600. The third-order valence-electron chi connectivity index (χ3n) is 7.43. The van der Waals surface area contributed by atoms with Crippen LogP contribution in [0.5, 0.6) is 0 Å². The van der Waals surface area contributed by atoms with Gasteiger partial charge in [-0.1, -0.05) is 32.9 Å². The Morgan fingerprint density at radius 3 is 2.43 bits per heavy atom. The van der Waals surface area contributed by atoms with E-state index < -0.39 is 53.0 Å². The number of carbonyl (C=O) groups is 5.